The Labute approximate surface area is 218 Å². The van der Waals surface area contributed by atoms with Gasteiger partial charge in [-0.1, -0.05) is 30.0 Å². The van der Waals surface area contributed by atoms with Crippen molar-refractivity contribution in [3.05, 3.63) is 52.2 Å². The first kappa shape index (κ1) is 26.3. The molecule has 1 fully saturated rings. The van der Waals surface area contributed by atoms with Crippen LogP contribution in [0.5, 0.6) is 5.75 Å². The first-order chi connectivity index (χ1) is 17.5. The third-order valence-corrected chi connectivity index (χ3v) is 7.89. The van der Waals surface area contributed by atoms with Crippen LogP contribution in [0.2, 0.25) is 0 Å². The zero-order valence-electron chi connectivity index (χ0n) is 21.7. The van der Waals surface area contributed by atoms with Crippen LogP contribution in [0.15, 0.2) is 51.6 Å². The number of benzene rings is 1. The second kappa shape index (κ2) is 12.0. The highest BCUT2D eigenvalue weighted by Crippen LogP contribution is 2.47. The van der Waals surface area contributed by atoms with Crippen LogP contribution >= 0.6 is 11.8 Å². The highest BCUT2D eigenvalue weighted by atomic mass is 32.2. The molecule has 1 aromatic carbocycles. The number of allylic oxidation sites excluding steroid dienone is 1. The van der Waals surface area contributed by atoms with Gasteiger partial charge in [-0.15, -0.1) is 0 Å². The molecule has 8 nitrogen and oxygen atoms in total. The second-order valence-corrected chi connectivity index (χ2v) is 10.0. The number of ether oxygens (including phenoxy) is 1. The number of nitrogens with zero attached hydrogens (tertiary/aromatic N) is 4. The summed E-state index contributed by atoms with van der Waals surface area (Å²) in [6.07, 6.45) is 2.70. The molecule has 3 aliphatic heterocycles. The van der Waals surface area contributed by atoms with Crippen molar-refractivity contribution in [3.63, 3.8) is 0 Å². The number of carbonyl (C=O) groups is 2. The van der Waals surface area contributed by atoms with Crippen LogP contribution in [0.3, 0.4) is 0 Å². The van der Waals surface area contributed by atoms with Gasteiger partial charge in [0.05, 0.1) is 30.8 Å². The Hall–Kier alpha value is -2.78. The summed E-state index contributed by atoms with van der Waals surface area (Å²) in [4.78, 5) is 37.8. The molecule has 1 unspecified atom stereocenters. The Kier molecular flexibility index (Phi) is 8.74. The van der Waals surface area contributed by atoms with Gasteiger partial charge in [-0.3, -0.25) is 9.59 Å². The smallest absolute Gasteiger partial charge is 0.254 e. The van der Waals surface area contributed by atoms with Crippen LogP contribution in [0.25, 0.3) is 0 Å². The fourth-order valence-corrected chi connectivity index (χ4v) is 6.06. The SMILES string of the molecule is CCN(CC)C(=O)C1=C(C)N=C2SC=C(CC(=O)NCCN3CCCC3)N2C1c1ccccc1OC. The van der Waals surface area contributed by atoms with E-state index in [4.69, 9.17) is 9.73 Å². The fraction of sp³-hybridized carbons (Fsp3) is 0.519. The van der Waals surface area contributed by atoms with Gasteiger partial charge in [-0.05, 0) is 58.2 Å². The summed E-state index contributed by atoms with van der Waals surface area (Å²) >= 11 is 1.50. The van der Waals surface area contributed by atoms with Gasteiger partial charge < -0.3 is 24.8 Å². The number of hydrogen-bond donors (Lipinski definition) is 1. The Morgan fingerprint density at radius 3 is 2.61 bits per heavy atom. The van der Waals surface area contributed by atoms with Crippen molar-refractivity contribution in [2.45, 2.75) is 46.1 Å². The summed E-state index contributed by atoms with van der Waals surface area (Å²) in [6.45, 7) is 10.8. The summed E-state index contributed by atoms with van der Waals surface area (Å²) in [6, 6.07) is 7.35. The number of likely N-dealkylation sites (tertiary alicyclic amines) is 1. The van der Waals surface area contributed by atoms with Crippen LogP contribution in [-0.2, 0) is 9.59 Å². The highest BCUT2D eigenvalue weighted by molar-refractivity contribution is 8.16. The van der Waals surface area contributed by atoms with Crippen molar-refractivity contribution in [3.8, 4) is 5.75 Å². The van der Waals surface area contributed by atoms with Gasteiger partial charge in [0.25, 0.3) is 5.91 Å². The van der Waals surface area contributed by atoms with E-state index in [0.717, 1.165) is 36.1 Å². The molecule has 1 saturated heterocycles. The predicted molar refractivity (Wildman–Crippen MR) is 145 cm³/mol. The molecule has 0 radical (unpaired) electrons. The molecule has 3 heterocycles. The zero-order chi connectivity index (χ0) is 25.7. The van der Waals surface area contributed by atoms with E-state index in [1.54, 1.807) is 7.11 Å². The van der Waals surface area contributed by atoms with Gasteiger partial charge >= 0.3 is 0 Å². The predicted octanol–water partition coefficient (Wildman–Crippen LogP) is 3.74. The minimum absolute atomic E-state index is 0.0241. The molecule has 2 amide bonds. The quantitative estimate of drug-likeness (QED) is 0.516. The number of amides is 2. The Morgan fingerprint density at radius 2 is 1.92 bits per heavy atom. The lowest BCUT2D eigenvalue weighted by molar-refractivity contribution is -0.127. The molecule has 0 bridgehead atoms. The molecule has 0 saturated carbocycles. The lowest BCUT2D eigenvalue weighted by Gasteiger charge is -2.38. The molecular formula is C27H37N5O3S. The largest absolute Gasteiger partial charge is 0.496 e. The number of likely N-dealkylation sites (N-methyl/N-ethyl adjacent to an activating group) is 1. The molecule has 1 atom stereocenters. The first-order valence-electron chi connectivity index (χ1n) is 12.8. The minimum Gasteiger partial charge on any atom is -0.496 e. The number of fused-ring (bicyclic) bond motifs is 1. The second-order valence-electron chi connectivity index (χ2n) is 9.19. The van der Waals surface area contributed by atoms with Crippen LogP contribution in [0.4, 0.5) is 0 Å². The monoisotopic (exact) mass is 511 g/mol. The molecule has 194 valence electrons. The number of carbonyl (C=O) groups excluding carboxylic acids is 2. The molecule has 0 aliphatic carbocycles. The molecule has 0 aromatic heterocycles. The van der Waals surface area contributed by atoms with E-state index in [9.17, 15) is 9.59 Å². The molecule has 1 N–H and O–H groups in total. The van der Waals surface area contributed by atoms with E-state index in [-0.39, 0.29) is 18.2 Å². The summed E-state index contributed by atoms with van der Waals surface area (Å²) in [5, 5.41) is 5.84. The maximum absolute atomic E-state index is 13.8. The van der Waals surface area contributed by atoms with Crippen molar-refractivity contribution >= 4 is 28.7 Å². The summed E-state index contributed by atoms with van der Waals surface area (Å²) in [5.74, 6) is 0.638. The van der Waals surface area contributed by atoms with Crippen molar-refractivity contribution < 1.29 is 14.3 Å². The third-order valence-electron chi connectivity index (χ3n) is 7.01. The molecule has 4 rings (SSSR count). The lowest BCUT2D eigenvalue weighted by atomic mass is 9.92. The van der Waals surface area contributed by atoms with Gasteiger partial charge in [0.2, 0.25) is 5.91 Å². The minimum atomic E-state index is -0.430. The molecule has 1 aromatic rings. The number of methoxy groups -OCH3 is 1. The maximum Gasteiger partial charge on any atom is 0.254 e. The Bertz CT molecular complexity index is 1070. The molecule has 3 aliphatic rings. The van der Waals surface area contributed by atoms with Crippen LogP contribution in [-0.4, -0.2) is 78.1 Å². The van der Waals surface area contributed by atoms with E-state index >= 15 is 0 Å². The van der Waals surface area contributed by atoms with Gasteiger partial charge in [0.15, 0.2) is 5.17 Å². The molecular weight excluding hydrogens is 474 g/mol. The van der Waals surface area contributed by atoms with Crippen molar-refractivity contribution in [2.75, 3.05) is 46.4 Å². The van der Waals surface area contributed by atoms with Crippen molar-refractivity contribution in [1.82, 2.24) is 20.0 Å². The van der Waals surface area contributed by atoms with E-state index in [0.29, 0.717) is 36.7 Å². The number of aliphatic imine (C=N–C) groups is 1. The number of para-hydroxylation sites is 1. The molecule has 0 spiro atoms. The number of nitrogens with one attached hydrogen (secondary N) is 1. The van der Waals surface area contributed by atoms with Crippen molar-refractivity contribution in [1.29, 1.82) is 0 Å². The molecule has 36 heavy (non-hydrogen) atoms. The van der Waals surface area contributed by atoms with E-state index in [1.165, 1.54) is 24.6 Å². The highest BCUT2D eigenvalue weighted by Gasteiger charge is 2.42. The maximum atomic E-state index is 13.8. The van der Waals surface area contributed by atoms with E-state index < -0.39 is 6.04 Å². The van der Waals surface area contributed by atoms with Crippen LogP contribution in [0.1, 0.15) is 51.6 Å². The average molecular weight is 512 g/mol. The summed E-state index contributed by atoms with van der Waals surface area (Å²) < 4.78 is 5.72. The normalized spacial score (nSPS) is 19.7. The van der Waals surface area contributed by atoms with Gasteiger partial charge in [-0.25, -0.2) is 4.99 Å². The topological polar surface area (TPSA) is 77.5 Å². The Balaban J connectivity index is 1.62. The van der Waals surface area contributed by atoms with Crippen LogP contribution in [0, 0.1) is 0 Å². The first-order valence-corrected chi connectivity index (χ1v) is 13.7. The standard InChI is InChI=1S/C27H37N5O3S/c1-5-31(6-2)26(34)24-19(3)29-27-32(25(24)21-11-7-8-12-22(21)35-4)20(18-36-27)17-23(33)28-13-16-30-14-9-10-15-30/h7-8,11-12,18,25H,5-6,9-10,13-17H2,1-4H3,(H,28,33). The van der Waals surface area contributed by atoms with Crippen LogP contribution < -0.4 is 10.1 Å². The third kappa shape index (κ3) is 5.47. The fourth-order valence-electron chi connectivity index (χ4n) is 5.10. The van der Waals surface area contributed by atoms with Crippen molar-refractivity contribution in [2.24, 2.45) is 4.99 Å². The zero-order valence-corrected chi connectivity index (χ0v) is 22.6. The van der Waals surface area contributed by atoms with E-state index in [1.807, 2.05) is 60.2 Å². The van der Waals surface area contributed by atoms with Gasteiger partial charge in [0.1, 0.15) is 5.75 Å². The van der Waals surface area contributed by atoms with Gasteiger partial charge in [-0.2, -0.15) is 0 Å². The summed E-state index contributed by atoms with van der Waals surface area (Å²) in [7, 11) is 1.64. The number of thioether (sulfide) groups is 1. The lowest BCUT2D eigenvalue weighted by Crippen LogP contribution is -2.42. The van der Waals surface area contributed by atoms with E-state index in [2.05, 4.69) is 10.2 Å². The summed E-state index contributed by atoms with van der Waals surface area (Å²) in [5.41, 5.74) is 3.04. The number of rotatable bonds is 10. The Morgan fingerprint density at radius 1 is 1.19 bits per heavy atom. The van der Waals surface area contributed by atoms with Gasteiger partial charge in [0, 0.05) is 37.4 Å². The average Bonchev–Trinajstić information content (AvgIpc) is 3.54. The molecule has 9 heteroatoms. The number of amidine groups is 1. The number of hydrogen-bond acceptors (Lipinski definition) is 7.